The molecule has 1 heterocycles. The van der Waals surface area contributed by atoms with E-state index in [-0.39, 0.29) is 18.1 Å². The van der Waals surface area contributed by atoms with Crippen molar-refractivity contribution in [3.05, 3.63) is 60.2 Å². The molecule has 1 amide bonds. The van der Waals surface area contributed by atoms with Gasteiger partial charge in [-0.25, -0.2) is 4.79 Å². The number of likely N-dealkylation sites (tertiary alicyclic amines) is 1. The molecule has 36 heavy (non-hydrogen) atoms. The van der Waals surface area contributed by atoms with Gasteiger partial charge >= 0.3 is 12.1 Å². The Morgan fingerprint density at radius 3 is 2.08 bits per heavy atom. The largest absolute Gasteiger partial charge is 0.481 e. The van der Waals surface area contributed by atoms with E-state index in [2.05, 4.69) is 39.9 Å². The molecule has 1 saturated heterocycles. The Labute approximate surface area is 216 Å². The Morgan fingerprint density at radius 1 is 0.917 bits per heavy atom. The van der Waals surface area contributed by atoms with Crippen LogP contribution in [0.3, 0.4) is 0 Å². The molecule has 3 atom stereocenters. The summed E-state index contributed by atoms with van der Waals surface area (Å²) in [5.74, 6) is -2.17. The average molecular weight is 512 g/mol. The number of nitrogens with zero attached hydrogens (tertiary/aromatic N) is 1. The smallest absolute Gasteiger partial charge is 0.410 e. The summed E-state index contributed by atoms with van der Waals surface area (Å²) in [6.07, 6.45) is -0.978. The third kappa shape index (κ3) is 6.56. The molecule has 3 rings (SSSR count). The highest BCUT2D eigenvalue weighted by Crippen LogP contribution is 2.43. The van der Waals surface area contributed by atoms with Gasteiger partial charge in [-0.05, 0) is 55.6 Å². The molecule has 1 N–H and O–H groups in total. The first-order valence-corrected chi connectivity index (χ1v) is 15.5. The summed E-state index contributed by atoms with van der Waals surface area (Å²) in [4.78, 5) is 27.2. The molecule has 2 aromatic carbocycles. The molecule has 0 aliphatic carbocycles. The zero-order valence-corrected chi connectivity index (χ0v) is 23.9. The summed E-state index contributed by atoms with van der Waals surface area (Å²) in [6.45, 7) is 16.6. The van der Waals surface area contributed by atoms with Crippen molar-refractivity contribution >= 4 is 20.4 Å². The highest BCUT2D eigenvalue weighted by atomic mass is 28.4. The molecule has 0 radical (unpaired) electrons. The maximum atomic E-state index is 13.0. The van der Waals surface area contributed by atoms with Crippen LogP contribution in [0, 0.1) is 5.92 Å². The van der Waals surface area contributed by atoms with Gasteiger partial charge < -0.3 is 19.2 Å². The zero-order valence-electron chi connectivity index (χ0n) is 22.9. The van der Waals surface area contributed by atoms with Gasteiger partial charge in [0.25, 0.3) is 0 Å². The quantitative estimate of drug-likeness (QED) is 0.448. The normalized spacial score (nSPS) is 21.2. The lowest BCUT2D eigenvalue weighted by Crippen LogP contribution is -2.57. The van der Waals surface area contributed by atoms with Crippen molar-refractivity contribution in [2.24, 2.45) is 5.92 Å². The van der Waals surface area contributed by atoms with E-state index in [9.17, 15) is 14.7 Å². The van der Waals surface area contributed by atoms with Crippen LogP contribution in [-0.2, 0) is 14.0 Å². The fourth-order valence-corrected chi connectivity index (χ4v) is 5.72. The molecule has 196 valence electrons. The topological polar surface area (TPSA) is 76.1 Å². The number of piperidine rings is 1. The van der Waals surface area contributed by atoms with Crippen LogP contribution >= 0.6 is 0 Å². The predicted octanol–water partition coefficient (Wildman–Crippen LogP) is 6.78. The van der Waals surface area contributed by atoms with E-state index in [1.165, 1.54) is 4.90 Å². The Bertz CT molecular complexity index is 1070. The van der Waals surface area contributed by atoms with Crippen LogP contribution in [0.4, 0.5) is 4.79 Å². The molecule has 1 aliphatic heterocycles. The van der Waals surface area contributed by atoms with E-state index in [0.29, 0.717) is 0 Å². The van der Waals surface area contributed by atoms with Crippen molar-refractivity contribution in [3.8, 4) is 11.1 Å². The number of carboxylic acids is 1. The summed E-state index contributed by atoms with van der Waals surface area (Å²) in [5.41, 5.74) is 2.33. The van der Waals surface area contributed by atoms with Crippen LogP contribution in [0.15, 0.2) is 54.6 Å². The van der Waals surface area contributed by atoms with Gasteiger partial charge in [-0.2, -0.15) is 0 Å². The van der Waals surface area contributed by atoms with Crippen molar-refractivity contribution in [3.63, 3.8) is 0 Å². The highest BCUT2D eigenvalue weighted by Gasteiger charge is 2.48. The van der Waals surface area contributed by atoms with Crippen LogP contribution in [0.1, 0.15) is 53.0 Å². The van der Waals surface area contributed by atoms with Gasteiger partial charge in [0.1, 0.15) is 5.60 Å². The fraction of sp³-hybridized carbons (Fsp3) is 0.517. The third-order valence-electron chi connectivity index (χ3n) is 7.25. The summed E-state index contributed by atoms with van der Waals surface area (Å²) in [5, 5.41) is 10.3. The first kappa shape index (κ1) is 27.9. The molecule has 1 fully saturated rings. The summed E-state index contributed by atoms with van der Waals surface area (Å²) < 4.78 is 12.5. The van der Waals surface area contributed by atoms with Crippen LogP contribution < -0.4 is 0 Å². The lowest BCUT2D eigenvalue weighted by molar-refractivity contribution is -0.146. The Morgan fingerprint density at radius 2 is 1.53 bits per heavy atom. The Hall–Kier alpha value is -2.64. The van der Waals surface area contributed by atoms with Crippen LogP contribution in [-0.4, -0.2) is 55.2 Å². The molecule has 0 spiro atoms. The molecule has 0 bridgehead atoms. The first-order chi connectivity index (χ1) is 16.6. The van der Waals surface area contributed by atoms with Crippen molar-refractivity contribution < 1.29 is 23.9 Å². The second-order valence-corrected chi connectivity index (χ2v) is 17.0. The fourth-order valence-electron chi connectivity index (χ4n) is 4.39. The molecule has 0 saturated carbocycles. The molecular weight excluding hydrogens is 470 g/mol. The van der Waals surface area contributed by atoms with Gasteiger partial charge in [0.2, 0.25) is 0 Å². The summed E-state index contributed by atoms with van der Waals surface area (Å²) in [6, 6.07) is 18.1. The maximum absolute atomic E-state index is 13.0. The summed E-state index contributed by atoms with van der Waals surface area (Å²) >= 11 is 0. The number of hydrogen-bond donors (Lipinski definition) is 1. The van der Waals surface area contributed by atoms with Gasteiger partial charge in [0, 0.05) is 19.0 Å². The van der Waals surface area contributed by atoms with Crippen LogP contribution in [0.2, 0.25) is 18.1 Å². The number of rotatable bonds is 5. The van der Waals surface area contributed by atoms with Gasteiger partial charge in [0.15, 0.2) is 8.32 Å². The van der Waals surface area contributed by atoms with Gasteiger partial charge in [-0.3, -0.25) is 4.79 Å². The molecular formula is C29H41NO5Si. The molecule has 0 unspecified atom stereocenters. The highest BCUT2D eigenvalue weighted by molar-refractivity contribution is 6.74. The monoisotopic (exact) mass is 511 g/mol. The maximum Gasteiger partial charge on any atom is 0.410 e. The van der Waals surface area contributed by atoms with Crippen molar-refractivity contribution in [1.82, 2.24) is 4.90 Å². The number of carboxylic acid groups (broad SMARTS) is 1. The first-order valence-electron chi connectivity index (χ1n) is 12.6. The van der Waals surface area contributed by atoms with Crippen molar-refractivity contribution in [2.45, 2.75) is 77.3 Å². The minimum absolute atomic E-state index is 0.0713. The number of carbonyl (C=O) groups is 2. The van der Waals surface area contributed by atoms with Gasteiger partial charge in [-0.15, -0.1) is 0 Å². The predicted molar refractivity (Wildman–Crippen MR) is 146 cm³/mol. The minimum Gasteiger partial charge on any atom is -0.481 e. The van der Waals surface area contributed by atoms with Gasteiger partial charge in [0.05, 0.1) is 12.0 Å². The van der Waals surface area contributed by atoms with E-state index in [4.69, 9.17) is 9.16 Å². The lowest BCUT2D eigenvalue weighted by Gasteiger charge is -2.47. The van der Waals surface area contributed by atoms with E-state index in [1.54, 1.807) is 0 Å². The molecule has 6 nitrogen and oxygen atoms in total. The average Bonchev–Trinajstić information content (AvgIpc) is 2.77. The van der Waals surface area contributed by atoms with Crippen LogP contribution in [0.5, 0.6) is 0 Å². The SMILES string of the molecule is CC(C)(C)OC(=O)N1C[C@H](C(=O)O)[C@@H](c2cccc(-c3ccccc3)c2)[C@H](O[Si](C)(C)C(C)(C)C)C1. The lowest BCUT2D eigenvalue weighted by atomic mass is 9.78. The van der Waals surface area contributed by atoms with Crippen molar-refractivity contribution in [1.29, 1.82) is 0 Å². The van der Waals surface area contributed by atoms with E-state index in [1.807, 2.05) is 69.3 Å². The number of benzene rings is 2. The van der Waals surface area contributed by atoms with E-state index in [0.717, 1.165) is 16.7 Å². The second-order valence-electron chi connectivity index (χ2n) is 12.3. The van der Waals surface area contributed by atoms with E-state index < -0.39 is 43.9 Å². The van der Waals surface area contributed by atoms with E-state index >= 15 is 0 Å². The molecule has 7 heteroatoms. The standard InChI is InChI=1S/C29H41NO5Si/c1-28(2,3)34-27(33)30-18-23(26(31)32)25(24(19-30)35-36(7,8)29(4,5)6)22-16-12-15-21(17-22)20-13-10-9-11-14-20/h9-17,23-25H,18-19H2,1-8H3,(H,31,32)/t23-,24+,25+/m0/s1. The number of amides is 1. The minimum atomic E-state index is -2.29. The zero-order chi connectivity index (χ0) is 26.9. The number of aliphatic carboxylic acids is 1. The van der Waals surface area contributed by atoms with Crippen molar-refractivity contribution in [2.75, 3.05) is 13.1 Å². The molecule has 2 aromatic rings. The number of carbonyl (C=O) groups excluding carboxylic acids is 1. The third-order valence-corrected chi connectivity index (χ3v) is 11.8. The molecule has 0 aromatic heterocycles. The Kier molecular flexibility index (Phi) is 8.06. The molecule has 1 aliphatic rings. The second kappa shape index (κ2) is 10.4. The Balaban J connectivity index is 2.06. The number of ether oxygens (including phenoxy) is 1. The van der Waals surface area contributed by atoms with Gasteiger partial charge in [-0.1, -0.05) is 75.4 Å². The summed E-state index contributed by atoms with van der Waals surface area (Å²) in [7, 11) is -2.29. The number of hydrogen-bond acceptors (Lipinski definition) is 4. The van der Waals surface area contributed by atoms with Crippen LogP contribution in [0.25, 0.3) is 11.1 Å².